The quantitative estimate of drug-likeness (QED) is 0.617. The van der Waals surface area contributed by atoms with Crippen molar-refractivity contribution in [3.63, 3.8) is 0 Å². The topological polar surface area (TPSA) is 115 Å². The largest absolute Gasteiger partial charge is 0.467 e. The molecule has 0 spiro atoms. The SMILES string of the molecule is COC(=O)C1c2c(cnn2CCNC(=O)OC(C)(C)C)C2CN1C(=O)N2OCc1ccccc1. The fraction of sp³-hybridized carbons (Fsp3) is 0.478. The average molecular weight is 472 g/mol. The number of carbonyl (C=O) groups is 3. The molecule has 2 unspecified atom stereocenters. The average Bonchev–Trinajstić information content (AvgIpc) is 3.32. The number of amides is 3. The van der Waals surface area contributed by atoms with Gasteiger partial charge < -0.3 is 19.7 Å². The van der Waals surface area contributed by atoms with Gasteiger partial charge >= 0.3 is 18.1 Å². The lowest BCUT2D eigenvalue weighted by Gasteiger charge is -2.29. The van der Waals surface area contributed by atoms with E-state index >= 15 is 0 Å². The van der Waals surface area contributed by atoms with Crippen molar-refractivity contribution in [1.82, 2.24) is 25.1 Å². The summed E-state index contributed by atoms with van der Waals surface area (Å²) in [5, 5.41) is 8.42. The molecule has 182 valence electrons. The summed E-state index contributed by atoms with van der Waals surface area (Å²) in [6, 6.07) is 7.73. The number of alkyl carbamates (subject to hydrolysis) is 1. The van der Waals surface area contributed by atoms with Gasteiger partial charge in [0, 0.05) is 12.1 Å². The Kier molecular flexibility index (Phi) is 6.47. The number of hydrogen-bond donors (Lipinski definition) is 1. The molecule has 11 nitrogen and oxygen atoms in total. The molecule has 2 bridgehead atoms. The molecule has 34 heavy (non-hydrogen) atoms. The number of benzene rings is 1. The minimum absolute atomic E-state index is 0.211. The van der Waals surface area contributed by atoms with Crippen molar-refractivity contribution in [2.75, 3.05) is 20.2 Å². The van der Waals surface area contributed by atoms with Crippen molar-refractivity contribution in [2.45, 2.75) is 51.6 Å². The molecule has 2 aliphatic heterocycles. The van der Waals surface area contributed by atoms with Crippen LogP contribution in [0.5, 0.6) is 0 Å². The van der Waals surface area contributed by atoms with Crippen molar-refractivity contribution < 1.29 is 28.7 Å². The molecule has 1 fully saturated rings. The first-order chi connectivity index (χ1) is 16.2. The summed E-state index contributed by atoms with van der Waals surface area (Å²) in [6.07, 6.45) is 1.09. The number of urea groups is 1. The van der Waals surface area contributed by atoms with Crippen LogP contribution in [0, 0.1) is 0 Å². The smallest absolute Gasteiger partial charge is 0.407 e. The van der Waals surface area contributed by atoms with E-state index in [2.05, 4.69) is 10.4 Å². The van der Waals surface area contributed by atoms with Gasteiger partial charge in [0.1, 0.15) is 18.2 Å². The maximum Gasteiger partial charge on any atom is 0.407 e. The second-order valence-electron chi connectivity index (χ2n) is 9.10. The van der Waals surface area contributed by atoms with Gasteiger partial charge in [0.15, 0.2) is 6.04 Å². The predicted molar refractivity (Wildman–Crippen MR) is 119 cm³/mol. The van der Waals surface area contributed by atoms with E-state index < -0.39 is 35.8 Å². The fourth-order valence-electron chi connectivity index (χ4n) is 4.12. The molecule has 1 aromatic carbocycles. The number of ether oxygens (including phenoxy) is 2. The van der Waals surface area contributed by atoms with Crippen molar-refractivity contribution in [1.29, 1.82) is 0 Å². The molecule has 1 saturated heterocycles. The molecular formula is C23H29N5O6. The van der Waals surface area contributed by atoms with Crippen LogP contribution in [0.4, 0.5) is 9.59 Å². The number of nitrogens with one attached hydrogen (secondary N) is 1. The highest BCUT2D eigenvalue weighted by molar-refractivity contribution is 5.87. The fourth-order valence-corrected chi connectivity index (χ4v) is 4.12. The van der Waals surface area contributed by atoms with Crippen molar-refractivity contribution in [2.24, 2.45) is 0 Å². The Morgan fingerprint density at radius 1 is 1.21 bits per heavy atom. The summed E-state index contributed by atoms with van der Waals surface area (Å²) < 4.78 is 11.9. The Bertz CT molecular complexity index is 1060. The van der Waals surface area contributed by atoms with Crippen LogP contribution in [0.15, 0.2) is 36.5 Å². The lowest BCUT2D eigenvalue weighted by molar-refractivity contribution is -0.146. The van der Waals surface area contributed by atoms with Crippen LogP contribution in [0.3, 0.4) is 0 Å². The molecule has 3 heterocycles. The van der Waals surface area contributed by atoms with E-state index in [1.165, 1.54) is 17.1 Å². The molecule has 0 saturated carbocycles. The molecular weight excluding hydrogens is 442 g/mol. The van der Waals surface area contributed by atoms with E-state index in [0.717, 1.165) is 5.56 Å². The standard InChI is InChI=1S/C23H29N5O6/c1-23(2,3)34-21(30)24-10-11-27-18-16(12-25-27)17-13-26(19(18)20(29)32-4)22(31)28(17)33-14-15-8-6-5-7-9-15/h5-9,12,17,19H,10-11,13-14H2,1-4H3,(H,24,30). The third-order valence-corrected chi connectivity index (χ3v) is 5.56. The summed E-state index contributed by atoms with van der Waals surface area (Å²) in [6.45, 7) is 6.34. The van der Waals surface area contributed by atoms with Crippen LogP contribution in [0.2, 0.25) is 0 Å². The van der Waals surface area contributed by atoms with E-state index in [9.17, 15) is 14.4 Å². The molecule has 4 rings (SSSR count). The number of hydroxylamine groups is 2. The van der Waals surface area contributed by atoms with E-state index in [-0.39, 0.29) is 26.2 Å². The number of hydrogen-bond acceptors (Lipinski definition) is 7. The van der Waals surface area contributed by atoms with Crippen LogP contribution in [-0.4, -0.2) is 63.6 Å². The summed E-state index contributed by atoms with van der Waals surface area (Å²) in [7, 11) is 1.28. The Morgan fingerprint density at radius 2 is 1.94 bits per heavy atom. The third-order valence-electron chi connectivity index (χ3n) is 5.56. The highest BCUT2D eigenvalue weighted by Gasteiger charge is 2.53. The zero-order chi connectivity index (χ0) is 24.5. The third kappa shape index (κ3) is 4.69. The Hall–Kier alpha value is -3.60. The zero-order valence-corrected chi connectivity index (χ0v) is 19.7. The second-order valence-corrected chi connectivity index (χ2v) is 9.10. The van der Waals surface area contributed by atoms with Crippen LogP contribution >= 0.6 is 0 Å². The molecule has 11 heteroatoms. The van der Waals surface area contributed by atoms with Gasteiger partial charge in [-0.2, -0.15) is 10.2 Å². The highest BCUT2D eigenvalue weighted by atomic mass is 16.7. The maximum absolute atomic E-state index is 13.2. The summed E-state index contributed by atoms with van der Waals surface area (Å²) >= 11 is 0. The van der Waals surface area contributed by atoms with Crippen LogP contribution in [0.1, 0.15) is 49.7 Å². The molecule has 2 aliphatic rings. The molecule has 3 amide bonds. The number of methoxy groups -OCH3 is 1. The second kappa shape index (κ2) is 9.34. The number of esters is 1. The lowest BCUT2D eigenvalue weighted by Crippen LogP contribution is -2.40. The number of rotatable bonds is 7. The van der Waals surface area contributed by atoms with E-state index in [4.69, 9.17) is 14.3 Å². The normalized spacial score (nSPS) is 19.1. The number of aromatic nitrogens is 2. The number of nitrogens with zero attached hydrogens (tertiary/aromatic N) is 4. The Morgan fingerprint density at radius 3 is 2.62 bits per heavy atom. The Labute approximate surface area is 197 Å². The minimum Gasteiger partial charge on any atom is -0.467 e. The van der Waals surface area contributed by atoms with E-state index in [0.29, 0.717) is 11.3 Å². The molecule has 0 radical (unpaired) electrons. The van der Waals surface area contributed by atoms with Gasteiger partial charge in [0.05, 0.1) is 32.1 Å². The first-order valence-corrected chi connectivity index (χ1v) is 11.1. The van der Waals surface area contributed by atoms with Gasteiger partial charge in [-0.1, -0.05) is 30.3 Å². The van der Waals surface area contributed by atoms with Gasteiger partial charge in [-0.25, -0.2) is 14.4 Å². The molecule has 1 N–H and O–H groups in total. The first kappa shape index (κ1) is 23.6. The van der Waals surface area contributed by atoms with Gasteiger partial charge in [0.2, 0.25) is 0 Å². The summed E-state index contributed by atoms with van der Waals surface area (Å²) in [5.41, 5.74) is 1.57. The van der Waals surface area contributed by atoms with Crippen molar-refractivity contribution in [3.05, 3.63) is 53.3 Å². The predicted octanol–water partition coefficient (Wildman–Crippen LogP) is 2.55. The molecule has 2 aromatic rings. The van der Waals surface area contributed by atoms with Crippen molar-refractivity contribution in [3.8, 4) is 0 Å². The van der Waals surface area contributed by atoms with Crippen LogP contribution < -0.4 is 5.32 Å². The molecule has 2 atom stereocenters. The van der Waals surface area contributed by atoms with Gasteiger partial charge in [-0.05, 0) is 26.3 Å². The Balaban J connectivity index is 1.53. The van der Waals surface area contributed by atoms with E-state index in [1.54, 1.807) is 31.6 Å². The van der Waals surface area contributed by atoms with E-state index in [1.807, 2.05) is 30.3 Å². The van der Waals surface area contributed by atoms with Crippen molar-refractivity contribution >= 4 is 18.1 Å². The monoisotopic (exact) mass is 471 g/mol. The minimum atomic E-state index is -0.960. The number of carbonyl (C=O) groups excluding carboxylic acids is 3. The molecule has 0 aliphatic carbocycles. The van der Waals surface area contributed by atoms with Gasteiger partial charge in [-0.15, -0.1) is 0 Å². The lowest BCUT2D eigenvalue weighted by atomic mass is 9.98. The summed E-state index contributed by atoms with van der Waals surface area (Å²) in [4.78, 5) is 45.2. The van der Waals surface area contributed by atoms with Gasteiger partial charge in [0.25, 0.3) is 0 Å². The molecule has 1 aromatic heterocycles. The zero-order valence-electron chi connectivity index (χ0n) is 19.7. The highest BCUT2D eigenvalue weighted by Crippen LogP contribution is 2.44. The first-order valence-electron chi connectivity index (χ1n) is 11.1. The van der Waals surface area contributed by atoms with Gasteiger partial charge in [-0.3, -0.25) is 9.52 Å². The summed E-state index contributed by atoms with van der Waals surface area (Å²) in [5.74, 6) is -0.570. The van der Waals surface area contributed by atoms with Crippen LogP contribution in [-0.2, 0) is 32.3 Å². The van der Waals surface area contributed by atoms with Crippen LogP contribution in [0.25, 0.3) is 0 Å². The number of fused-ring (bicyclic) bond motifs is 4. The maximum atomic E-state index is 13.2.